The zero-order valence-corrected chi connectivity index (χ0v) is 11.7. The molecule has 0 N–H and O–H groups in total. The molecule has 0 aliphatic heterocycles. The third-order valence-electron chi connectivity index (χ3n) is 3.43. The highest BCUT2D eigenvalue weighted by atomic mass is 15.1. The molecular weight excluding hydrogens is 244 g/mol. The third-order valence-corrected chi connectivity index (χ3v) is 3.43. The standard InChI is InChI=1S/C18H19N2/c1-2-13-19-14-15-20(17-11-7-4-8-12-17)18(19)16-9-5-3-6-10-16/h3-12,14-15H,2,13H2,1H3/q+1. The first-order valence-corrected chi connectivity index (χ1v) is 7.12. The van der Waals surface area contributed by atoms with Gasteiger partial charge in [-0.15, -0.1) is 0 Å². The fourth-order valence-electron chi connectivity index (χ4n) is 2.54. The Morgan fingerprint density at radius 1 is 0.900 bits per heavy atom. The van der Waals surface area contributed by atoms with Crippen molar-refractivity contribution in [2.45, 2.75) is 19.9 Å². The molecule has 0 radical (unpaired) electrons. The molecule has 0 atom stereocenters. The Morgan fingerprint density at radius 3 is 2.20 bits per heavy atom. The average molecular weight is 263 g/mol. The van der Waals surface area contributed by atoms with E-state index in [4.69, 9.17) is 0 Å². The van der Waals surface area contributed by atoms with E-state index in [1.165, 1.54) is 17.1 Å². The minimum atomic E-state index is 1.03. The number of imidazole rings is 1. The lowest BCUT2D eigenvalue weighted by molar-refractivity contribution is -0.685. The van der Waals surface area contributed by atoms with Gasteiger partial charge in [-0.2, -0.15) is 4.57 Å². The van der Waals surface area contributed by atoms with Gasteiger partial charge in [-0.05, 0) is 30.7 Å². The lowest BCUT2D eigenvalue weighted by atomic mass is 10.2. The van der Waals surface area contributed by atoms with Crippen LogP contribution in [0.5, 0.6) is 0 Å². The van der Waals surface area contributed by atoms with Crippen LogP contribution in [0.1, 0.15) is 13.3 Å². The Hall–Kier alpha value is -2.35. The summed E-state index contributed by atoms with van der Waals surface area (Å²) in [6.45, 7) is 3.24. The van der Waals surface area contributed by atoms with Crippen LogP contribution >= 0.6 is 0 Å². The van der Waals surface area contributed by atoms with Crippen molar-refractivity contribution < 1.29 is 4.57 Å². The molecule has 0 amide bonds. The molecule has 2 aromatic carbocycles. The molecule has 3 rings (SSSR count). The van der Waals surface area contributed by atoms with E-state index in [0.717, 1.165) is 13.0 Å². The molecule has 0 unspecified atom stereocenters. The predicted molar refractivity (Wildman–Crippen MR) is 81.7 cm³/mol. The van der Waals surface area contributed by atoms with Crippen LogP contribution in [0.25, 0.3) is 17.1 Å². The van der Waals surface area contributed by atoms with Crippen molar-refractivity contribution >= 4 is 0 Å². The van der Waals surface area contributed by atoms with Crippen molar-refractivity contribution in [2.75, 3.05) is 0 Å². The van der Waals surface area contributed by atoms with Gasteiger partial charge in [0.1, 0.15) is 18.1 Å². The SMILES string of the molecule is CCC[n+]1ccn(-c2ccccc2)c1-c1ccccc1. The zero-order valence-electron chi connectivity index (χ0n) is 11.7. The molecule has 0 spiro atoms. The van der Waals surface area contributed by atoms with Crippen LogP contribution in [0, 0.1) is 0 Å². The normalized spacial score (nSPS) is 10.7. The lowest BCUT2D eigenvalue weighted by Crippen LogP contribution is -2.34. The smallest absolute Gasteiger partial charge is 0.230 e. The molecule has 0 aliphatic carbocycles. The van der Waals surface area contributed by atoms with Crippen LogP contribution in [0.2, 0.25) is 0 Å². The summed E-state index contributed by atoms with van der Waals surface area (Å²) in [6, 6.07) is 21.1. The second-order valence-electron chi connectivity index (χ2n) is 4.89. The van der Waals surface area contributed by atoms with Gasteiger partial charge in [0.05, 0.1) is 12.1 Å². The fraction of sp³-hybridized carbons (Fsp3) is 0.167. The minimum absolute atomic E-state index is 1.03. The molecule has 2 heteroatoms. The first kappa shape index (κ1) is 12.7. The topological polar surface area (TPSA) is 8.81 Å². The van der Waals surface area contributed by atoms with Crippen LogP contribution in [-0.4, -0.2) is 4.57 Å². The van der Waals surface area contributed by atoms with Crippen LogP contribution in [0.4, 0.5) is 0 Å². The van der Waals surface area contributed by atoms with E-state index in [9.17, 15) is 0 Å². The summed E-state index contributed by atoms with van der Waals surface area (Å²) in [5.41, 5.74) is 2.44. The number of aromatic nitrogens is 2. The van der Waals surface area contributed by atoms with Gasteiger partial charge in [0, 0.05) is 0 Å². The second kappa shape index (κ2) is 5.74. The highest BCUT2D eigenvalue weighted by Gasteiger charge is 2.19. The number of rotatable bonds is 4. The van der Waals surface area contributed by atoms with E-state index in [-0.39, 0.29) is 0 Å². The van der Waals surface area contributed by atoms with E-state index >= 15 is 0 Å². The summed E-state index contributed by atoms with van der Waals surface area (Å²) in [5.74, 6) is 1.23. The summed E-state index contributed by atoms with van der Waals surface area (Å²) in [5, 5.41) is 0. The van der Waals surface area contributed by atoms with Gasteiger partial charge >= 0.3 is 0 Å². The van der Waals surface area contributed by atoms with Crippen LogP contribution in [0.3, 0.4) is 0 Å². The molecule has 2 nitrogen and oxygen atoms in total. The predicted octanol–water partition coefficient (Wildman–Crippen LogP) is 3.84. The maximum absolute atomic E-state index is 2.32. The Bertz CT molecular complexity index is 669. The number of nitrogens with zero attached hydrogens (tertiary/aromatic N) is 2. The number of hydrogen-bond acceptors (Lipinski definition) is 0. The lowest BCUT2D eigenvalue weighted by Gasteiger charge is -2.04. The molecule has 0 saturated heterocycles. The van der Waals surface area contributed by atoms with Gasteiger partial charge in [0.15, 0.2) is 0 Å². The van der Waals surface area contributed by atoms with E-state index in [2.05, 4.69) is 89.1 Å². The fourth-order valence-corrected chi connectivity index (χ4v) is 2.54. The number of benzene rings is 2. The third kappa shape index (κ3) is 2.37. The molecule has 1 aromatic heterocycles. The molecule has 0 bridgehead atoms. The Labute approximate surface area is 119 Å². The van der Waals surface area contributed by atoms with Gasteiger partial charge < -0.3 is 0 Å². The molecule has 20 heavy (non-hydrogen) atoms. The van der Waals surface area contributed by atoms with E-state index in [0.29, 0.717) is 0 Å². The molecule has 0 aliphatic rings. The number of hydrogen-bond donors (Lipinski definition) is 0. The van der Waals surface area contributed by atoms with Crippen LogP contribution in [0.15, 0.2) is 73.1 Å². The van der Waals surface area contributed by atoms with Crippen molar-refractivity contribution in [1.82, 2.24) is 4.57 Å². The van der Waals surface area contributed by atoms with Crippen molar-refractivity contribution in [2.24, 2.45) is 0 Å². The summed E-state index contributed by atoms with van der Waals surface area (Å²) in [6.07, 6.45) is 5.44. The minimum Gasteiger partial charge on any atom is -0.230 e. The summed E-state index contributed by atoms with van der Waals surface area (Å²) in [4.78, 5) is 0. The monoisotopic (exact) mass is 263 g/mol. The average Bonchev–Trinajstić information content (AvgIpc) is 2.93. The van der Waals surface area contributed by atoms with Crippen molar-refractivity contribution in [3.8, 4) is 17.1 Å². The maximum atomic E-state index is 2.32. The first-order valence-electron chi connectivity index (χ1n) is 7.12. The van der Waals surface area contributed by atoms with Gasteiger partial charge in [-0.3, -0.25) is 0 Å². The van der Waals surface area contributed by atoms with Crippen LogP contribution in [-0.2, 0) is 6.54 Å². The largest absolute Gasteiger partial charge is 0.294 e. The van der Waals surface area contributed by atoms with Crippen LogP contribution < -0.4 is 4.57 Å². The van der Waals surface area contributed by atoms with E-state index < -0.39 is 0 Å². The summed E-state index contributed by atoms with van der Waals surface area (Å²) < 4.78 is 4.58. The highest BCUT2D eigenvalue weighted by Crippen LogP contribution is 2.20. The summed E-state index contributed by atoms with van der Waals surface area (Å²) >= 11 is 0. The Morgan fingerprint density at radius 2 is 1.55 bits per heavy atom. The highest BCUT2D eigenvalue weighted by molar-refractivity contribution is 5.55. The Kier molecular flexibility index (Phi) is 3.64. The van der Waals surface area contributed by atoms with Gasteiger partial charge in [-0.1, -0.05) is 43.3 Å². The molecule has 0 fully saturated rings. The van der Waals surface area contributed by atoms with Gasteiger partial charge in [0.2, 0.25) is 0 Å². The number of para-hydroxylation sites is 1. The van der Waals surface area contributed by atoms with Crippen molar-refractivity contribution in [1.29, 1.82) is 0 Å². The zero-order chi connectivity index (χ0) is 13.8. The molecule has 1 heterocycles. The maximum Gasteiger partial charge on any atom is 0.294 e. The van der Waals surface area contributed by atoms with Crippen molar-refractivity contribution in [3.05, 3.63) is 73.1 Å². The quantitative estimate of drug-likeness (QED) is 0.632. The Balaban J connectivity index is 2.17. The van der Waals surface area contributed by atoms with E-state index in [1.54, 1.807) is 0 Å². The molecule has 0 saturated carbocycles. The molecular formula is C18H19N2+. The second-order valence-corrected chi connectivity index (χ2v) is 4.89. The van der Waals surface area contributed by atoms with Crippen molar-refractivity contribution in [3.63, 3.8) is 0 Å². The number of aryl methyl sites for hydroxylation is 1. The molecule has 3 aromatic rings. The summed E-state index contributed by atoms with van der Waals surface area (Å²) in [7, 11) is 0. The van der Waals surface area contributed by atoms with Gasteiger partial charge in [0.25, 0.3) is 5.82 Å². The van der Waals surface area contributed by atoms with E-state index in [1.807, 2.05) is 0 Å². The first-order chi connectivity index (χ1) is 9.90. The molecule has 100 valence electrons. The van der Waals surface area contributed by atoms with Gasteiger partial charge in [-0.25, -0.2) is 4.57 Å².